The van der Waals surface area contributed by atoms with Crippen molar-refractivity contribution in [1.29, 1.82) is 0 Å². The van der Waals surface area contributed by atoms with E-state index in [2.05, 4.69) is 5.32 Å². The quantitative estimate of drug-likeness (QED) is 0.906. The van der Waals surface area contributed by atoms with Crippen LogP contribution in [0.15, 0.2) is 41.3 Å². The van der Waals surface area contributed by atoms with Gasteiger partial charge in [0.2, 0.25) is 10.0 Å². The topological polar surface area (TPSA) is 72.2 Å². The number of primary sulfonamides is 1. The maximum absolute atomic E-state index is 13.7. The molecule has 4 nitrogen and oxygen atoms in total. The molecule has 0 aromatic heterocycles. The van der Waals surface area contributed by atoms with Gasteiger partial charge in [0.15, 0.2) is 0 Å². The second kappa shape index (κ2) is 6.01. The van der Waals surface area contributed by atoms with E-state index < -0.39 is 15.8 Å². The summed E-state index contributed by atoms with van der Waals surface area (Å²) in [5.74, 6) is -0.421. The lowest BCUT2D eigenvalue weighted by Crippen LogP contribution is -2.14. The van der Waals surface area contributed by atoms with Gasteiger partial charge in [-0.2, -0.15) is 0 Å². The molecule has 0 amide bonds. The summed E-state index contributed by atoms with van der Waals surface area (Å²) in [4.78, 5) is 0.0344. The first-order valence-corrected chi connectivity index (χ1v) is 8.02. The molecule has 0 heterocycles. The summed E-state index contributed by atoms with van der Waals surface area (Å²) in [6, 6.07) is 9.11. The number of benzene rings is 2. The lowest BCUT2D eigenvalue weighted by molar-refractivity contribution is 0.597. The standard InChI is InChI=1S/C14H14ClFN2O2S/c1-9-13(6-3-7-14(9)21(17,19)20)18-8-10-11(15)4-2-5-12(10)16/h2-7,18H,8H2,1H3,(H2,17,19,20). The van der Waals surface area contributed by atoms with E-state index in [4.69, 9.17) is 16.7 Å². The van der Waals surface area contributed by atoms with Crippen LogP contribution in [-0.2, 0) is 16.6 Å². The zero-order valence-corrected chi connectivity index (χ0v) is 12.8. The molecule has 0 bridgehead atoms. The molecule has 0 spiro atoms. The largest absolute Gasteiger partial charge is 0.381 e. The van der Waals surface area contributed by atoms with Gasteiger partial charge in [0.25, 0.3) is 0 Å². The maximum atomic E-state index is 13.7. The fourth-order valence-electron chi connectivity index (χ4n) is 2.00. The molecule has 21 heavy (non-hydrogen) atoms. The monoisotopic (exact) mass is 328 g/mol. The number of sulfonamides is 1. The van der Waals surface area contributed by atoms with Crippen LogP contribution >= 0.6 is 11.6 Å². The van der Waals surface area contributed by atoms with Crippen molar-refractivity contribution in [1.82, 2.24) is 0 Å². The number of hydrogen-bond donors (Lipinski definition) is 2. The fraction of sp³-hybridized carbons (Fsp3) is 0.143. The Morgan fingerprint density at radius 1 is 1.24 bits per heavy atom. The SMILES string of the molecule is Cc1c(NCc2c(F)cccc2Cl)cccc1S(N)(=O)=O. The molecule has 0 atom stereocenters. The van der Waals surface area contributed by atoms with E-state index in [1.165, 1.54) is 18.2 Å². The van der Waals surface area contributed by atoms with Gasteiger partial charge in [-0.1, -0.05) is 23.7 Å². The highest BCUT2D eigenvalue weighted by molar-refractivity contribution is 7.89. The van der Waals surface area contributed by atoms with Gasteiger partial charge in [-0.15, -0.1) is 0 Å². The van der Waals surface area contributed by atoms with E-state index in [9.17, 15) is 12.8 Å². The van der Waals surface area contributed by atoms with Gasteiger partial charge in [-0.25, -0.2) is 17.9 Å². The molecule has 0 fully saturated rings. The predicted octanol–water partition coefficient (Wildman–Crippen LogP) is 3.05. The Balaban J connectivity index is 2.30. The fourth-order valence-corrected chi connectivity index (χ4v) is 3.03. The van der Waals surface area contributed by atoms with Crippen molar-refractivity contribution in [2.24, 2.45) is 5.14 Å². The van der Waals surface area contributed by atoms with E-state index in [0.717, 1.165) is 0 Å². The van der Waals surface area contributed by atoms with Crippen molar-refractivity contribution in [2.75, 3.05) is 5.32 Å². The number of nitrogens with two attached hydrogens (primary N) is 1. The van der Waals surface area contributed by atoms with Crippen molar-refractivity contribution in [3.63, 3.8) is 0 Å². The predicted molar refractivity (Wildman–Crippen MR) is 81.3 cm³/mol. The highest BCUT2D eigenvalue weighted by Gasteiger charge is 2.14. The van der Waals surface area contributed by atoms with Crippen LogP contribution in [0.3, 0.4) is 0 Å². The van der Waals surface area contributed by atoms with Crippen LogP contribution in [0.4, 0.5) is 10.1 Å². The van der Waals surface area contributed by atoms with Gasteiger partial charge < -0.3 is 5.32 Å². The van der Waals surface area contributed by atoms with E-state index in [1.54, 1.807) is 25.1 Å². The van der Waals surface area contributed by atoms with E-state index in [1.807, 2.05) is 0 Å². The second-order valence-corrected chi connectivity index (χ2v) is 6.46. The Kier molecular flexibility index (Phi) is 4.51. The summed E-state index contributed by atoms with van der Waals surface area (Å²) in [7, 11) is -3.80. The van der Waals surface area contributed by atoms with Crippen LogP contribution < -0.4 is 10.5 Å². The third kappa shape index (κ3) is 3.53. The Hall–Kier alpha value is -1.63. The summed E-state index contributed by atoms with van der Waals surface area (Å²) in [5.41, 5.74) is 1.35. The molecule has 0 saturated carbocycles. The number of halogens is 2. The van der Waals surface area contributed by atoms with Crippen molar-refractivity contribution in [3.05, 3.63) is 58.4 Å². The molecule has 0 saturated heterocycles. The Labute approximate surface area is 127 Å². The third-order valence-corrected chi connectivity index (χ3v) is 4.52. The van der Waals surface area contributed by atoms with E-state index >= 15 is 0 Å². The first kappa shape index (κ1) is 15.8. The molecule has 0 aliphatic carbocycles. The Bertz CT molecular complexity index is 758. The van der Waals surface area contributed by atoms with Gasteiger partial charge in [-0.05, 0) is 36.8 Å². The average Bonchev–Trinajstić information content (AvgIpc) is 2.38. The normalized spacial score (nSPS) is 11.4. The molecule has 3 N–H and O–H groups in total. The zero-order chi connectivity index (χ0) is 15.6. The van der Waals surface area contributed by atoms with Gasteiger partial charge in [0.1, 0.15) is 5.82 Å². The summed E-state index contributed by atoms with van der Waals surface area (Å²) in [5, 5.41) is 8.43. The van der Waals surface area contributed by atoms with Crippen LogP contribution in [0, 0.1) is 12.7 Å². The number of nitrogens with one attached hydrogen (secondary N) is 1. The van der Waals surface area contributed by atoms with Crippen molar-refractivity contribution >= 4 is 27.3 Å². The highest BCUT2D eigenvalue weighted by atomic mass is 35.5. The summed E-state index contributed by atoms with van der Waals surface area (Å²) in [6.07, 6.45) is 0. The minimum atomic E-state index is -3.80. The van der Waals surface area contributed by atoms with Gasteiger partial charge >= 0.3 is 0 Å². The lowest BCUT2D eigenvalue weighted by Gasteiger charge is -2.13. The Morgan fingerprint density at radius 3 is 2.52 bits per heavy atom. The molecule has 112 valence electrons. The minimum absolute atomic E-state index is 0.0344. The van der Waals surface area contributed by atoms with Crippen LogP contribution in [0.25, 0.3) is 0 Å². The molecule has 0 unspecified atom stereocenters. The number of anilines is 1. The van der Waals surface area contributed by atoms with Crippen molar-refractivity contribution in [2.45, 2.75) is 18.4 Å². The highest BCUT2D eigenvalue weighted by Crippen LogP contribution is 2.24. The first-order chi connectivity index (χ1) is 9.80. The molecule has 7 heteroatoms. The lowest BCUT2D eigenvalue weighted by atomic mass is 10.1. The molecule has 0 aliphatic heterocycles. The summed E-state index contributed by atoms with van der Waals surface area (Å²) in [6.45, 7) is 1.77. The molecule has 2 rings (SSSR count). The van der Waals surface area contributed by atoms with Crippen LogP contribution in [0.5, 0.6) is 0 Å². The zero-order valence-electron chi connectivity index (χ0n) is 11.2. The van der Waals surface area contributed by atoms with Crippen LogP contribution in [-0.4, -0.2) is 8.42 Å². The van der Waals surface area contributed by atoms with E-state index in [-0.39, 0.29) is 11.4 Å². The Morgan fingerprint density at radius 2 is 1.90 bits per heavy atom. The van der Waals surface area contributed by atoms with Gasteiger partial charge in [0, 0.05) is 22.8 Å². The second-order valence-electron chi connectivity index (χ2n) is 4.53. The smallest absolute Gasteiger partial charge is 0.238 e. The van der Waals surface area contributed by atoms with Gasteiger partial charge in [-0.3, -0.25) is 0 Å². The molecular weight excluding hydrogens is 315 g/mol. The summed E-state index contributed by atoms with van der Waals surface area (Å²) < 4.78 is 36.6. The van der Waals surface area contributed by atoms with Crippen molar-refractivity contribution < 1.29 is 12.8 Å². The third-order valence-electron chi connectivity index (χ3n) is 3.11. The van der Waals surface area contributed by atoms with Gasteiger partial charge in [0.05, 0.1) is 4.90 Å². The van der Waals surface area contributed by atoms with Crippen LogP contribution in [0.2, 0.25) is 5.02 Å². The van der Waals surface area contributed by atoms with E-state index in [0.29, 0.717) is 21.8 Å². The molecule has 2 aromatic carbocycles. The minimum Gasteiger partial charge on any atom is -0.381 e. The summed E-state index contributed by atoms with van der Waals surface area (Å²) >= 11 is 5.94. The number of rotatable bonds is 4. The molecular formula is C14H14ClFN2O2S. The van der Waals surface area contributed by atoms with Crippen molar-refractivity contribution in [3.8, 4) is 0 Å². The average molecular weight is 329 g/mol. The molecule has 2 aromatic rings. The molecule has 0 radical (unpaired) electrons. The van der Waals surface area contributed by atoms with Crippen LogP contribution in [0.1, 0.15) is 11.1 Å². The number of hydrogen-bond acceptors (Lipinski definition) is 3. The first-order valence-electron chi connectivity index (χ1n) is 6.10. The maximum Gasteiger partial charge on any atom is 0.238 e. The molecule has 0 aliphatic rings.